The van der Waals surface area contributed by atoms with Gasteiger partial charge in [0.15, 0.2) is 0 Å². The smallest absolute Gasteiger partial charge is 0.410 e. The van der Waals surface area contributed by atoms with Gasteiger partial charge < -0.3 is 9.72 Å². The van der Waals surface area contributed by atoms with Gasteiger partial charge >= 0.3 is 6.09 Å². The predicted octanol–water partition coefficient (Wildman–Crippen LogP) is 6.27. The zero-order valence-electron chi connectivity index (χ0n) is 18.3. The number of ether oxygens (including phenoxy) is 1. The predicted molar refractivity (Wildman–Crippen MR) is 117 cm³/mol. The summed E-state index contributed by atoms with van der Waals surface area (Å²) in [6.07, 6.45) is 2.89. The Labute approximate surface area is 185 Å². The lowest BCUT2D eigenvalue weighted by Crippen LogP contribution is -2.36. The summed E-state index contributed by atoms with van der Waals surface area (Å²) in [5.74, 6) is -2.40. The molecule has 0 saturated carbocycles. The summed E-state index contributed by atoms with van der Waals surface area (Å²) < 4.78 is 35.7. The summed E-state index contributed by atoms with van der Waals surface area (Å²) in [6, 6.07) is 11.5. The average Bonchev–Trinajstić information content (AvgIpc) is 3.45. The van der Waals surface area contributed by atoms with Gasteiger partial charge in [-0.15, -0.1) is 0 Å². The van der Waals surface area contributed by atoms with E-state index in [9.17, 15) is 4.79 Å². The highest BCUT2D eigenvalue weighted by atomic mass is 19.3. The van der Waals surface area contributed by atoms with Crippen molar-refractivity contribution in [3.63, 3.8) is 0 Å². The number of aromatic amines is 1. The Morgan fingerprint density at radius 2 is 1.91 bits per heavy atom. The van der Waals surface area contributed by atoms with E-state index in [0.29, 0.717) is 34.8 Å². The van der Waals surface area contributed by atoms with Crippen molar-refractivity contribution in [3.8, 4) is 22.4 Å². The van der Waals surface area contributed by atoms with Crippen LogP contribution in [0.2, 0.25) is 0 Å². The van der Waals surface area contributed by atoms with Crippen molar-refractivity contribution in [2.24, 2.45) is 0 Å². The molecule has 1 N–H and O–H groups in total. The second-order valence-corrected chi connectivity index (χ2v) is 9.39. The number of aromatic nitrogens is 2. The number of imidazole rings is 1. The van der Waals surface area contributed by atoms with Crippen molar-refractivity contribution in [2.45, 2.75) is 51.2 Å². The van der Waals surface area contributed by atoms with Gasteiger partial charge in [-0.2, -0.15) is 8.78 Å². The van der Waals surface area contributed by atoms with Gasteiger partial charge in [0.05, 0.1) is 17.9 Å². The van der Waals surface area contributed by atoms with Gasteiger partial charge in [0.1, 0.15) is 11.4 Å². The zero-order valence-corrected chi connectivity index (χ0v) is 18.3. The molecule has 1 atom stereocenters. The Kier molecular flexibility index (Phi) is 4.62. The van der Waals surface area contributed by atoms with E-state index in [4.69, 9.17) is 4.74 Å². The summed E-state index contributed by atoms with van der Waals surface area (Å²) in [5.41, 5.74) is 1.87. The van der Waals surface area contributed by atoms with E-state index >= 15 is 8.78 Å². The largest absolute Gasteiger partial charge is 0.444 e. The molecule has 0 bridgehead atoms. The Hall–Kier alpha value is -3.22. The monoisotopic (exact) mass is 437 g/mol. The lowest BCUT2D eigenvalue weighted by molar-refractivity contribution is 0.0218. The molecule has 3 aromatic rings. The van der Waals surface area contributed by atoms with Crippen LogP contribution in [0.25, 0.3) is 22.4 Å². The Morgan fingerprint density at radius 3 is 2.69 bits per heavy atom. The van der Waals surface area contributed by atoms with Crippen LogP contribution in [0, 0.1) is 0 Å². The van der Waals surface area contributed by atoms with Gasteiger partial charge in [-0.25, -0.2) is 9.78 Å². The molecule has 1 aromatic heterocycles. The average molecular weight is 437 g/mol. The molecule has 5 nitrogen and oxygen atoms in total. The fourth-order valence-electron chi connectivity index (χ4n) is 4.59. The summed E-state index contributed by atoms with van der Waals surface area (Å²) in [5, 5.41) is 0. The number of benzene rings is 2. The molecule has 1 fully saturated rings. The molecule has 7 heteroatoms. The van der Waals surface area contributed by atoms with Gasteiger partial charge in [0.2, 0.25) is 0 Å². The van der Waals surface area contributed by atoms with Crippen LogP contribution in [0.3, 0.4) is 0 Å². The van der Waals surface area contributed by atoms with E-state index in [-0.39, 0.29) is 23.3 Å². The molecule has 0 spiro atoms. The Bertz CT molecular complexity index is 1200. The molecule has 0 radical (unpaired) electrons. The van der Waals surface area contributed by atoms with Crippen molar-refractivity contribution >= 4 is 6.09 Å². The van der Waals surface area contributed by atoms with Gasteiger partial charge in [0, 0.05) is 23.2 Å². The number of carbonyl (C=O) groups is 1. The van der Waals surface area contributed by atoms with Crippen LogP contribution in [-0.2, 0) is 10.7 Å². The summed E-state index contributed by atoms with van der Waals surface area (Å²) in [7, 11) is 0. The first-order valence-corrected chi connectivity index (χ1v) is 10.8. The van der Waals surface area contributed by atoms with Crippen molar-refractivity contribution in [3.05, 3.63) is 65.6 Å². The first kappa shape index (κ1) is 20.7. The van der Waals surface area contributed by atoms with Gasteiger partial charge in [-0.1, -0.05) is 36.4 Å². The maximum Gasteiger partial charge on any atom is 0.410 e. The van der Waals surface area contributed by atoms with Crippen LogP contribution in [0.15, 0.2) is 48.7 Å². The highest BCUT2D eigenvalue weighted by Gasteiger charge is 2.44. The van der Waals surface area contributed by atoms with Crippen LogP contribution in [0.5, 0.6) is 0 Å². The molecule has 1 aliphatic heterocycles. The molecule has 1 aliphatic carbocycles. The summed E-state index contributed by atoms with van der Waals surface area (Å²) in [4.78, 5) is 22.0. The van der Waals surface area contributed by atoms with Crippen molar-refractivity contribution in [2.75, 3.05) is 6.54 Å². The molecule has 2 aliphatic rings. The van der Waals surface area contributed by atoms with Crippen molar-refractivity contribution < 1.29 is 18.3 Å². The number of amides is 1. The zero-order chi connectivity index (χ0) is 22.7. The number of halogens is 2. The highest BCUT2D eigenvalue weighted by molar-refractivity contribution is 5.82. The fraction of sp³-hybridized carbons (Fsp3) is 0.360. The third kappa shape index (κ3) is 3.36. The molecule has 32 heavy (non-hydrogen) atoms. The molecule has 0 unspecified atom stereocenters. The number of carbonyl (C=O) groups excluding carboxylic acids is 1. The van der Waals surface area contributed by atoms with Gasteiger partial charge in [-0.05, 0) is 50.8 Å². The second kappa shape index (κ2) is 7.15. The molecule has 166 valence electrons. The number of rotatable bonds is 2. The van der Waals surface area contributed by atoms with Crippen LogP contribution < -0.4 is 0 Å². The number of hydrogen-bond donors (Lipinski definition) is 1. The Balaban J connectivity index is 1.44. The third-order valence-corrected chi connectivity index (χ3v) is 6.02. The summed E-state index contributed by atoms with van der Waals surface area (Å²) in [6.45, 7) is 6.10. The molecular formula is C25H25F2N3O2. The van der Waals surface area contributed by atoms with Crippen molar-refractivity contribution in [1.82, 2.24) is 14.9 Å². The minimum Gasteiger partial charge on any atom is -0.444 e. The lowest BCUT2D eigenvalue weighted by Gasteiger charge is -2.27. The van der Waals surface area contributed by atoms with Crippen LogP contribution in [0.1, 0.15) is 56.6 Å². The van der Waals surface area contributed by atoms with E-state index in [0.717, 1.165) is 12.8 Å². The summed E-state index contributed by atoms with van der Waals surface area (Å²) >= 11 is 0. The van der Waals surface area contributed by atoms with E-state index in [1.165, 1.54) is 12.1 Å². The van der Waals surface area contributed by atoms with Crippen molar-refractivity contribution in [1.29, 1.82) is 0 Å². The topological polar surface area (TPSA) is 58.2 Å². The normalized spacial score (nSPS) is 19.0. The number of H-pyrrole nitrogens is 1. The SMILES string of the molecule is CC(C)(C)OC(=O)N1CCC[C@H]1c1ncc(-c2ccc3c(c2)C(F)(F)c2ccccc2-3)[nH]1. The van der Waals surface area contributed by atoms with Gasteiger partial charge in [0.25, 0.3) is 5.92 Å². The number of nitrogens with one attached hydrogen (secondary N) is 1. The third-order valence-electron chi connectivity index (χ3n) is 6.02. The number of fused-ring (bicyclic) bond motifs is 3. The number of alkyl halides is 2. The molecule has 1 saturated heterocycles. The first-order chi connectivity index (χ1) is 15.1. The van der Waals surface area contributed by atoms with Crippen LogP contribution >= 0.6 is 0 Å². The maximum atomic E-state index is 15.1. The fourth-order valence-corrected chi connectivity index (χ4v) is 4.59. The number of likely N-dealkylation sites (tertiary alicyclic amines) is 1. The lowest BCUT2D eigenvalue weighted by atomic mass is 10.0. The molecular weight excluding hydrogens is 412 g/mol. The van der Waals surface area contributed by atoms with E-state index in [2.05, 4.69) is 9.97 Å². The number of nitrogens with zero attached hydrogens (tertiary/aromatic N) is 2. The minimum absolute atomic E-state index is 0.00333. The minimum atomic E-state index is -3.04. The van der Waals surface area contributed by atoms with E-state index in [1.54, 1.807) is 35.4 Å². The molecule has 2 heterocycles. The highest BCUT2D eigenvalue weighted by Crippen LogP contribution is 2.51. The van der Waals surface area contributed by atoms with E-state index < -0.39 is 11.5 Å². The van der Waals surface area contributed by atoms with Gasteiger partial charge in [-0.3, -0.25) is 4.90 Å². The standard InChI is InChI=1S/C25H25F2N3O2/c1-24(2,3)32-23(31)30-12-6-9-21(30)22-28-14-20(29-22)15-10-11-17-16-7-4-5-8-18(16)25(26,27)19(17)13-15/h4-5,7-8,10-11,13-14,21H,6,9,12H2,1-3H3,(H,28,29)/t21-/m0/s1. The molecule has 5 rings (SSSR count). The van der Waals surface area contributed by atoms with E-state index in [1.807, 2.05) is 26.8 Å². The molecule has 2 aromatic carbocycles. The van der Waals surface area contributed by atoms with Crippen LogP contribution in [-0.4, -0.2) is 33.1 Å². The first-order valence-electron chi connectivity index (χ1n) is 10.8. The quantitative estimate of drug-likeness (QED) is 0.514. The van der Waals surface area contributed by atoms with Crippen LogP contribution in [0.4, 0.5) is 13.6 Å². The maximum absolute atomic E-state index is 15.1. The molecule has 1 amide bonds. The Morgan fingerprint density at radius 1 is 1.16 bits per heavy atom. The number of hydrogen-bond acceptors (Lipinski definition) is 3. The second-order valence-electron chi connectivity index (χ2n) is 9.39.